The number of hydrogen-bond acceptors (Lipinski definition) is 3. The lowest BCUT2D eigenvalue weighted by molar-refractivity contribution is 0.203. The molecule has 2 heterocycles. The summed E-state index contributed by atoms with van der Waals surface area (Å²) >= 11 is 1.96. The lowest BCUT2D eigenvalue weighted by atomic mass is 10.1. The van der Waals surface area contributed by atoms with Gasteiger partial charge in [-0.25, -0.2) is 0 Å². The molecule has 2 fully saturated rings. The Morgan fingerprint density at radius 3 is 2.89 bits per heavy atom. The van der Waals surface area contributed by atoms with Crippen LogP contribution in [0, 0.1) is 12.8 Å². The molecule has 0 bridgehead atoms. The fraction of sp³-hybridized carbons (Fsp3) is 0.733. The molecule has 1 saturated heterocycles. The average molecular weight is 264 g/mol. The maximum Gasteiger partial charge on any atom is 0.0414 e. The summed E-state index contributed by atoms with van der Waals surface area (Å²) < 4.78 is 0. The fourth-order valence-electron chi connectivity index (χ4n) is 3.00. The first-order valence-electron chi connectivity index (χ1n) is 7.28. The lowest BCUT2D eigenvalue weighted by Gasteiger charge is -2.29. The molecule has 1 saturated carbocycles. The van der Waals surface area contributed by atoms with Gasteiger partial charge in [-0.1, -0.05) is 0 Å². The molecule has 2 nitrogen and oxygen atoms in total. The zero-order valence-corrected chi connectivity index (χ0v) is 12.3. The van der Waals surface area contributed by atoms with Crippen molar-refractivity contribution in [2.45, 2.75) is 45.2 Å². The maximum atomic E-state index is 3.75. The molecule has 18 heavy (non-hydrogen) atoms. The van der Waals surface area contributed by atoms with Gasteiger partial charge < -0.3 is 5.32 Å². The zero-order valence-electron chi connectivity index (χ0n) is 11.5. The minimum absolute atomic E-state index is 0.588. The van der Waals surface area contributed by atoms with Gasteiger partial charge in [-0.05, 0) is 57.7 Å². The van der Waals surface area contributed by atoms with Crippen LogP contribution in [0.2, 0.25) is 0 Å². The number of hydrogen-bond donors (Lipinski definition) is 1. The summed E-state index contributed by atoms with van der Waals surface area (Å²) in [7, 11) is 0. The molecule has 1 N–H and O–H groups in total. The van der Waals surface area contributed by atoms with Gasteiger partial charge in [0.1, 0.15) is 0 Å². The Hall–Kier alpha value is -0.380. The third-order valence-corrected chi connectivity index (χ3v) is 5.54. The molecule has 100 valence electrons. The van der Waals surface area contributed by atoms with Crippen LogP contribution >= 0.6 is 11.3 Å². The van der Waals surface area contributed by atoms with E-state index in [2.05, 4.69) is 36.2 Å². The number of rotatable bonds is 3. The smallest absolute Gasteiger partial charge is 0.0414 e. The summed E-state index contributed by atoms with van der Waals surface area (Å²) in [6.45, 7) is 8.27. The highest BCUT2D eigenvalue weighted by Crippen LogP contribution is 2.35. The summed E-state index contributed by atoms with van der Waals surface area (Å²) in [5, 5.41) is 3.75. The molecule has 2 unspecified atom stereocenters. The van der Waals surface area contributed by atoms with Gasteiger partial charge in [0.15, 0.2) is 0 Å². The molecule has 0 amide bonds. The summed E-state index contributed by atoms with van der Waals surface area (Å²) in [6.07, 6.45) is 4.17. The first kappa shape index (κ1) is 12.6. The van der Waals surface area contributed by atoms with Crippen LogP contribution in [-0.4, -0.2) is 30.6 Å². The van der Waals surface area contributed by atoms with E-state index >= 15 is 0 Å². The van der Waals surface area contributed by atoms with E-state index in [1.165, 1.54) is 48.7 Å². The summed E-state index contributed by atoms with van der Waals surface area (Å²) in [4.78, 5) is 5.65. The van der Waals surface area contributed by atoms with Crippen LogP contribution in [0.25, 0.3) is 0 Å². The minimum Gasteiger partial charge on any atom is -0.312 e. The third-order valence-electron chi connectivity index (χ3n) is 4.37. The SMILES string of the molecule is Cc1ccc(C(C)N2CCCNC(C3CC3)C2)s1. The van der Waals surface area contributed by atoms with Gasteiger partial charge in [-0.2, -0.15) is 0 Å². The molecule has 0 spiro atoms. The Balaban J connectivity index is 1.69. The molecule has 1 aromatic heterocycles. The fourth-order valence-corrected chi connectivity index (χ4v) is 3.97. The normalized spacial score (nSPS) is 28.0. The highest BCUT2D eigenvalue weighted by atomic mass is 32.1. The monoisotopic (exact) mass is 264 g/mol. The minimum atomic E-state index is 0.588. The molecular weight excluding hydrogens is 240 g/mol. The van der Waals surface area contributed by atoms with Crippen LogP contribution in [0.5, 0.6) is 0 Å². The molecule has 1 aliphatic carbocycles. The second-order valence-corrected chi connectivity index (χ2v) is 7.19. The van der Waals surface area contributed by atoms with Crippen LogP contribution < -0.4 is 5.32 Å². The van der Waals surface area contributed by atoms with Gasteiger partial charge in [0, 0.05) is 34.9 Å². The predicted octanol–water partition coefficient (Wildman–Crippen LogP) is 3.19. The Bertz CT molecular complexity index is 397. The Morgan fingerprint density at radius 1 is 1.39 bits per heavy atom. The number of nitrogens with one attached hydrogen (secondary N) is 1. The van der Waals surface area contributed by atoms with Crippen molar-refractivity contribution < 1.29 is 0 Å². The van der Waals surface area contributed by atoms with Crippen molar-refractivity contribution in [3.8, 4) is 0 Å². The molecule has 2 atom stereocenters. The zero-order chi connectivity index (χ0) is 12.5. The van der Waals surface area contributed by atoms with Gasteiger partial charge in [-0.3, -0.25) is 4.90 Å². The van der Waals surface area contributed by atoms with Crippen molar-refractivity contribution in [3.63, 3.8) is 0 Å². The van der Waals surface area contributed by atoms with Crippen molar-refractivity contribution in [2.75, 3.05) is 19.6 Å². The number of nitrogens with zero attached hydrogens (tertiary/aromatic N) is 1. The molecule has 0 aromatic carbocycles. The molecular formula is C15H24N2S. The Kier molecular flexibility index (Phi) is 3.73. The average Bonchev–Trinajstić information content (AvgIpc) is 3.14. The summed E-state index contributed by atoms with van der Waals surface area (Å²) in [6, 6.07) is 5.90. The van der Waals surface area contributed by atoms with E-state index in [0.717, 1.165) is 12.0 Å². The van der Waals surface area contributed by atoms with Crippen LogP contribution in [0.3, 0.4) is 0 Å². The van der Waals surface area contributed by atoms with E-state index in [1.807, 2.05) is 11.3 Å². The number of thiophene rings is 1. The van der Waals surface area contributed by atoms with Gasteiger partial charge in [-0.15, -0.1) is 11.3 Å². The highest BCUT2D eigenvalue weighted by molar-refractivity contribution is 7.12. The van der Waals surface area contributed by atoms with E-state index in [0.29, 0.717) is 6.04 Å². The molecule has 1 aliphatic heterocycles. The Labute approximate surface area is 114 Å². The molecule has 3 rings (SSSR count). The van der Waals surface area contributed by atoms with E-state index in [-0.39, 0.29) is 0 Å². The van der Waals surface area contributed by atoms with Crippen LogP contribution in [0.4, 0.5) is 0 Å². The second-order valence-electron chi connectivity index (χ2n) is 5.87. The first-order chi connectivity index (χ1) is 8.74. The van der Waals surface area contributed by atoms with Gasteiger partial charge in [0.2, 0.25) is 0 Å². The van der Waals surface area contributed by atoms with Gasteiger partial charge in [0.25, 0.3) is 0 Å². The van der Waals surface area contributed by atoms with Crippen molar-refractivity contribution >= 4 is 11.3 Å². The largest absolute Gasteiger partial charge is 0.312 e. The van der Waals surface area contributed by atoms with Gasteiger partial charge in [0.05, 0.1) is 0 Å². The van der Waals surface area contributed by atoms with E-state index in [9.17, 15) is 0 Å². The predicted molar refractivity (Wildman–Crippen MR) is 78.2 cm³/mol. The van der Waals surface area contributed by atoms with E-state index in [1.54, 1.807) is 0 Å². The van der Waals surface area contributed by atoms with Crippen LogP contribution in [0.15, 0.2) is 12.1 Å². The molecule has 3 heteroatoms. The lowest BCUT2D eigenvalue weighted by Crippen LogP contribution is -2.40. The summed E-state index contributed by atoms with van der Waals surface area (Å²) in [5.41, 5.74) is 0. The standard InChI is InChI=1S/C15H24N2S/c1-11-4-7-15(18-11)12(2)17-9-3-8-16-14(10-17)13-5-6-13/h4,7,12-14,16H,3,5-6,8-10H2,1-2H3. The van der Waals surface area contributed by atoms with Crippen LogP contribution in [0.1, 0.15) is 42.0 Å². The molecule has 1 aromatic rings. The maximum absolute atomic E-state index is 3.75. The third kappa shape index (κ3) is 2.79. The van der Waals surface area contributed by atoms with Crippen molar-refractivity contribution in [2.24, 2.45) is 5.92 Å². The second kappa shape index (κ2) is 5.32. The van der Waals surface area contributed by atoms with Crippen LogP contribution in [-0.2, 0) is 0 Å². The molecule has 2 aliphatic rings. The highest BCUT2D eigenvalue weighted by Gasteiger charge is 2.34. The van der Waals surface area contributed by atoms with Crippen molar-refractivity contribution in [1.29, 1.82) is 0 Å². The van der Waals surface area contributed by atoms with E-state index in [4.69, 9.17) is 0 Å². The van der Waals surface area contributed by atoms with Crippen molar-refractivity contribution in [1.82, 2.24) is 10.2 Å². The quantitative estimate of drug-likeness (QED) is 0.902. The summed E-state index contributed by atoms with van der Waals surface area (Å²) in [5.74, 6) is 0.961. The van der Waals surface area contributed by atoms with E-state index < -0.39 is 0 Å². The topological polar surface area (TPSA) is 15.3 Å². The Morgan fingerprint density at radius 2 is 2.22 bits per heavy atom. The first-order valence-corrected chi connectivity index (χ1v) is 8.09. The molecule has 0 radical (unpaired) electrons. The van der Waals surface area contributed by atoms with Crippen molar-refractivity contribution in [3.05, 3.63) is 21.9 Å². The number of aryl methyl sites for hydroxylation is 1. The van der Waals surface area contributed by atoms with Gasteiger partial charge >= 0.3 is 0 Å².